The van der Waals surface area contributed by atoms with Gasteiger partial charge in [-0.05, 0) is 43.3 Å². The molecule has 1 aromatic heterocycles. The fraction of sp³-hybridized carbons (Fsp3) is 0.130. The van der Waals surface area contributed by atoms with Crippen molar-refractivity contribution >= 4 is 17.8 Å². The topological polar surface area (TPSA) is 84.2 Å². The number of methoxy groups -OCH3 is 2. The molecule has 3 aromatic rings. The Morgan fingerprint density at radius 1 is 0.933 bits per heavy atom. The van der Waals surface area contributed by atoms with Crippen molar-refractivity contribution < 1.29 is 33.0 Å². The lowest BCUT2D eigenvalue weighted by Crippen LogP contribution is -2.09. The average Bonchev–Trinajstić information content (AvgIpc) is 3.30. The average molecular weight is 406 g/mol. The van der Waals surface area contributed by atoms with Gasteiger partial charge in [0.2, 0.25) is 5.78 Å². The number of fused-ring (bicyclic) bond motifs is 1. The largest absolute Gasteiger partial charge is 0.497 e. The van der Waals surface area contributed by atoms with Crippen molar-refractivity contribution in [1.29, 1.82) is 0 Å². The van der Waals surface area contributed by atoms with Gasteiger partial charge in [-0.2, -0.15) is 0 Å². The van der Waals surface area contributed by atoms with Crippen LogP contribution in [0.2, 0.25) is 0 Å². The van der Waals surface area contributed by atoms with E-state index in [2.05, 4.69) is 0 Å². The number of allylic oxidation sites excluding steroid dienone is 1. The highest BCUT2D eigenvalue weighted by Gasteiger charge is 2.28. The molecule has 30 heavy (non-hydrogen) atoms. The van der Waals surface area contributed by atoms with Crippen molar-refractivity contribution in [1.82, 2.24) is 0 Å². The van der Waals surface area contributed by atoms with Crippen LogP contribution in [-0.2, 0) is 0 Å². The van der Waals surface area contributed by atoms with E-state index in [0.29, 0.717) is 28.6 Å². The van der Waals surface area contributed by atoms with Crippen molar-refractivity contribution in [3.05, 3.63) is 76.9 Å². The number of rotatable bonds is 5. The number of hydrogen-bond donors (Lipinski definition) is 0. The van der Waals surface area contributed by atoms with Gasteiger partial charge in [-0.1, -0.05) is 0 Å². The number of hydrogen-bond acceptors (Lipinski definition) is 7. The van der Waals surface area contributed by atoms with Crippen molar-refractivity contribution in [2.24, 2.45) is 0 Å². The van der Waals surface area contributed by atoms with Gasteiger partial charge in [-0.25, -0.2) is 4.79 Å². The van der Waals surface area contributed by atoms with Crippen LogP contribution in [0.15, 0.2) is 58.7 Å². The molecule has 0 saturated heterocycles. The summed E-state index contributed by atoms with van der Waals surface area (Å²) in [6.45, 7) is 1.81. The molecule has 7 nitrogen and oxygen atoms in total. The van der Waals surface area contributed by atoms with Gasteiger partial charge in [0, 0.05) is 18.2 Å². The summed E-state index contributed by atoms with van der Waals surface area (Å²) in [7, 11) is 2.99. The summed E-state index contributed by atoms with van der Waals surface area (Å²) in [5.41, 5.74) is 0.643. The molecular weight excluding hydrogens is 388 g/mol. The van der Waals surface area contributed by atoms with Gasteiger partial charge in [0.15, 0.2) is 5.76 Å². The van der Waals surface area contributed by atoms with Crippen LogP contribution >= 0.6 is 0 Å². The van der Waals surface area contributed by atoms with Crippen LogP contribution in [0.3, 0.4) is 0 Å². The van der Waals surface area contributed by atoms with Crippen LogP contribution in [-0.4, -0.2) is 26.0 Å². The molecule has 2 aromatic carbocycles. The molecule has 152 valence electrons. The van der Waals surface area contributed by atoms with E-state index in [1.807, 2.05) is 6.92 Å². The van der Waals surface area contributed by atoms with E-state index in [-0.39, 0.29) is 22.9 Å². The Kier molecular flexibility index (Phi) is 5.02. The maximum absolute atomic E-state index is 12.6. The molecular formula is C23H18O7. The summed E-state index contributed by atoms with van der Waals surface area (Å²) in [6, 6.07) is 12.9. The first kappa shape index (κ1) is 19.3. The SMILES string of the molecule is COc1cc(OC)cc(C(=O)Oc2ccc3c(c2)O/C(=C\c2ccc(C)o2)C3=O)c1. The summed E-state index contributed by atoms with van der Waals surface area (Å²) in [5.74, 6) is 1.99. The van der Waals surface area contributed by atoms with E-state index in [4.69, 9.17) is 23.4 Å². The number of carbonyl (C=O) groups excluding carboxylic acids is 2. The number of aryl methyl sites for hydroxylation is 1. The maximum Gasteiger partial charge on any atom is 0.343 e. The van der Waals surface area contributed by atoms with Crippen LogP contribution in [0.5, 0.6) is 23.0 Å². The summed E-state index contributed by atoms with van der Waals surface area (Å²) in [6.07, 6.45) is 1.53. The van der Waals surface area contributed by atoms with Gasteiger partial charge in [-0.3, -0.25) is 4.79 Å². The fourth-order valence-corrected chi connectivity index (χ4v) is 2.98. The van der Waals surface area contributed by atoms with Crippen molar-refractivity contribution in [3.8, 4) is 23.0 Å². The fourth-order valence-electron chi connectivity index (χ4n) is 2.98. The molecule has 0 spiro atoms. The Bertz CT molecular complexity index is 1150. The van der Waals surface area contributed by atoms with Crippen molar-refractivity contribution in [3.63, 3.8) is 0 Å². The first-order valence-corrected chi connectivity index (χ1v) is 9.07. The minimum Gasteiger partial charge on any atom is -0.497 e. The Hall–Kier alpha value is -4.00. The van der Waals surface area contributed by atoms with Gasteiger partial charge in [0.05, 0.1) is 25.3 Å². The molecule has 1 aliphatic rings. The zero-order chi connectivity index (χ0) is 21.3. The highest BCUT2D eigenvalue weighted by molar-refractivity contribution is 6.14. The normalized spacial score (nSPS) is 13.7. The monoisotopic (exact) mass is 406 g/mol. The number of esters is 1. The third-order valence-corrected chi connectivity index (χ3v) is 4.47. The van der Waals surface area contributed by atoms with E-state index < -0.39 is 5.97 Å². The van der Waals surface area contributed by atoms with Crippen LogP contribution in [0.25, 0.3) is 6.08 Å². The van der Waals surface area contributed by atoms with Crippen molar-refractivity contribution in [2.45, 2.75) is 6.92 Å². The number of furan rings is 1. The number of ketones is 1. The minimum absolute atomic E-state index is 0.139. The molecule has 0 radical (unpaired) electrons. The first-order valence-electron chi connectivity index (χ1n) is 9.07. The molecule has 0 N–H and O–H groups in total. The Balaban J connectivity index is 1.55. The standard InChI is InChI=1S/C23H18O7/c1-13-4-5-15(28-13)12-21-22(24)19-7-6-16(11-20(19)30-21)29-23(25)14-8-17(26-2)10-18(9-14)27-3/h4-12H,1-3H3/b21-12-. The molecule has 0 saturated carbocycles. The van der Waals surface area contributed by atoms with Gasteiger partial charge in [0.1, 0.15) is 34.5 Å². The number of carbonyl (C=O) groups is 2. The lowest BCUT2D eigenvalue weighted by Gasteiger charge is -2.09. The van der Waals surface area contributed by atoms with Crippen LogP contribution < -0.4 is 18.9 Å². The van der Waals surface area contributed by atoms with Gasteiger partial charge < -0.3 is 23.4 Å². The zero-order valence-electron chi connectivity index (χ0n) is 16.6. The summed E-state index contributed by atoms with van der Waals surface area (Å²) < 4.78 is 26.9. The van der Waals surface area contributed by atoms with Gasteiger partial charge in [0.25, 0.3) is 0 Å². The smallest absolute Gasteiger partial charge is 0.343 e. The van der Waals surface area contributed by atoms with E-state index in [9.17, 15) is 9.59 Å². The lowest BCUT2D eigenvalue weighted by atomic mass is 10.1. The lowest BCUT2D eigenvalue weighted by molar-refractivity contribution is 0.0733. The molecule has 0 unspecified atom stereocenters. The number of Topliss-reactive ketones (excluding diaryl/α,β-unsaturated/α-hetero) is 1. The quantitative estimate of drug-likeness (QED) is 0.352. The molecule has 1 aliphatic heterocycles. The second-order valence-electron chi connectivity index (χ2n) is 6.54. The molecule has 7 heteroatoms. The Labute approximate surface area is 172 Å². The van der Waals surface area contributed by atoms with E-state index >= 15 is 0 Å². The van der Waals surface area contributed by atoms with E-state index in [0.717, 1.165) is 5.76 Å². The number of ether oxygens (including phenoxy) is 4. The first-order chi connectivity index (χ1) is 14.5. The van der Waals surface area contributed by atoms with Gasteiger partial charge >= 0.3 is 5.97 Å². The zero-order valence-corrected chi connectivity index (χ0v) is 16.6. The van der Waals surface area contributed by atoms with E-state index in [1.165, 1.54) is 32.4 Å². The Morgan fingerprint density at radius 3 is 2.30 bits per heavy atom. The van der Waals surface area contributed by atoms with Crippen LogP contribution in [0, 0.1) is 6.92 Å². The molecule has 0 atom stereocenters. The number of benzene rings is 2. The molecule has 0 fully saturated rings. The second-order valence-corrected chi connectivity index (χ2v) is 6.54. The third-order valence-electron chi connectivity index (χ3n) is 4.47. The van der Waals surface area contributed by atoms with Crippen molar-refractivity contribution in [2.75, 3.05) is 14.2 Å². The molecule has 4 rings (SSSR count). The minimum atomic E-state index is -0.599. The maximum atomic E-state index is 12.6. The third kappa shape index (κ3) is 3.77. The van der Waals surface area contributed by atoms with Crippen LogP contribution in [0.4, 0.5) is 0 Å². The molecule has 0 amide bonds. The van der Waals surface area contributed by atoms with E-state index in [1.54, 1.807) is 36.4 Å². The highest BCUT2D eigenvalue weighted by Crippen LogP contribution is 2.35. The Morgan fingerprint density at radius 2 is 1.67 bits per heavy atom. The highest BCUT2D eigenvalue weighted by atomic mass is 16.5. The second kappa shape index (κ2) is 7.79. The molecule has 0 aliphatic carbocycles. The summed E-state index contributed by atoms with van der Waals surface area (Å²) in [5, 5.41) is 0. The van der Waals surface area contributed by atoms with Gasteiger partial charge in [-0.15, -0.1) is 0 Å². The predicted octanol–water partition coefficient (Wildman–Crippen LogP) is 4.44. The summed E-state index contributed by atoms with van der Waals surface area (Å²) >= 11 is 0. The predicted molar refractivity (Wildman–Crippen MR) is 107 cm³/mol. The van der Waals surface area contributed by atoms with Crippen LogP contribution in [0.1, 0.15) is 32.2 Å². The molecule has 0 bridgehead atoms. The summed E-state index contributed by atoms with van der Waals surface area (Å²) in [4.78, 5) is 25.1. The molecule has 2 heterocycles.